The maximum absolute atomic E-state index is 11.8. The van der Waals surface area contributed by atoms with Gasteiger partial charge in [-0.1, -0.05) is 17.2 Å². The number of phenolic OH excluding ortho intramolecular Hbond substituents is 1. The number of para-hydroxylation sites is 1. The molecule has 1 unspecified atom stereocenters. The molecule has 1 aromatic heterocycles. The highest BCUT2D eigenvalue weighted by Gasteiger charge is 2.10. The number of hydrogen-bond donors (Lipinski definition) is 4. The fourth-order valence-electron chi connectivity index (χ4n) is 1.61. The number of hydrazone groups is 1. The SMILES string of the molecule is C/C(Cn1cnc([NH+]([O-])O)n1)=N\NC(=O)c1ccccc1O. The molecule has 1 atom stereocenters. The highest BCUT2D eigenvalue weighted by atomic mass is 16.8. The smallest absolute Gasteiger partial charge is 0.379 e. The van der Waals surface area contributed by atoms with Gasteiger partial charge < -0.3 is 10.3 Å². The molecule has 1 amide bonds. The number of nitrogens with zero attached hydrogens (tertiary/aromatic N) is 4. The molecule has 10 nitrogen and oxygen atoms in total. The largest absolute Gasteiger partial charge is 0.592 e. The second-order valence-corrected chi connectivity index (χ2v) is 4.38. The monoisotopic (exact) mass is 306 g/mol. The first-order valence-corrected chi connectivity index (χ1v) is 6.21. The molecule has 10 heteroatoms. The molecule has 116 valence electrons. The van der Waals surface area contributed by atoms with E-state index in [2.05, 4.69) is 20.6 Å². The maximum atomic E-state index is 11.8. The molecule has 0 fully saturated rings. The van der Waals surface area contributed by atoms with E-state index in [0.717, 1.165) is 0 Å². The van der Waals surface area contributed by atoms with Crippen molar-refractivity contribution < 1.29 is 20.3 Å². The Morgan fingerprint density at radius 2 is 2.23 bits per heavy atom. The van der Waals surface area contributed by atoms with E-state index in [4.69, 9.17) is 5.21 Å². The molecule has 0 bridgehead atoms. The number of nitrogens with one attached hydrogen (secondary N) is 2. The van der Waals surface area contributed by atoms with Crippen LogP contribution >= 0.6 is 0 Å². The van der Waals surface area contributed by atoms with Gasteiger partial charge in [0.2, 0.25) is 0 Å². The van der Waals surface area contributed by atoms with E-state index in [1.807, 2.05) is 0 Å². The summed E-state index contributed by atoms with van der Waals surface area (Å²) >= 11 is 0. The fourth-order valence-corrected chi connectivity index (χ4v) is 1.61. The van der Waals surface area contributed by atoms with Gasteiger partial charge in [-0.25, -0.2) is 15.3 Å². The van der Waals surface area contributed by atoms with Crippen molar-refractivity contribution in [2.24, 2.45) is 5.10 Å². The van der Waals surface area contributed by atoms with E-state index in [9.17, 15) is 15.1 Å². The first-order valence-electron chi connectivity index (χ1n) is 6.21. The molecule has 0 aliphatic rings. The lowest BCUT2D eigenvalue weighted by Gasteiger charge is -2.05. The minimum Gasteiger partial charge on any atom is -0.592 e. The minimum atomic E-state index is -1.22. The number of amides is 1. The van der Waals surface area contributed by atoms with Crippen molar-refractivity contribution in [3.8, 4) is 5.75 Å². The zero-order valence-electron chi connectivity index (χ0n) is 11.6. The maximum Gasteiger partial charge on any atom is 0.379 e. The number of aromatic hydroxyl groups is 1. The number of carbonyl (C=O) groups is 1. The average Bonchev–Trinajstić information content (AvgIpc) is 2.94. The Balaban J connectivity index is 1.97. The number of carbonyl (C=O) groups excluding carboxylic acids is 1. The Bertz CT molecular complexity index is 696. The quantitative estimate of drug-likeness (QED) is 0.421. The van der Waals surface area contributed by atoms with E-state index in [0.29, 0.717) is 5.71 Å². The topological polar surface area (TPSA) is 140 Å². The van der Waals surface area contributed by atoms with Gasteiger partial charge >= 0.3 is 5.95 Å². The lowest BCUT2D eigenvalue weighted by molar-refractivity contribution is -0.995. The average molecular weight is 306 g/mol. The zero-order valence-corrected chi connectivity index (χ0v) is 11.6. The number of quaternary nitrogens is 1. The van der Waals surface area contributed by atoms with Gasteiger partial charge in [0.15, 0.2) is 0 Å². The van der Waals surface area contributed by atoms with Crippen LogP contribution in [0.3, 0.4) is 0 Å². The van der Waals surface area contributed by atoms with Gasteiger partial charge in [0.25, 0.3) is 5.91 Å². The first kappa shape index (κ1) is 15.6. The summed E-state index contributed by atoms with van der Waals surface area (Å²) in [6.45, 7) is 1.80. The Kier molecular flexibility index (Phi) is 4.78. The van der Waals surface area contributed by atoms with E-state index < -0.39 is 11.1 Å². The van der Waals surface area contributed by atoms with E-state index in [1.54, 1.807) is 19.1 Å². The highest BCUT2D eigenvalue weighted by molar-refractivity contribution is 5.97. The van der Waals surface area contributed by atoms with Crippen LogP contribution in [0.15, 0.2) is 35.7 Å². The Morgan fingerprint density at radius 3 is 2.86 bits per heavy atom. The molecule has 0 radical (unpaired) electrons. The predicted octanol–water partition coefficient (Wildman–Crippen LogP) is -0.807. The van der Waals surface area contributed by atoms with Crippen molar-refractivity contribution in [2.45, 2.75) is 13.5 Å². The number of rotatable bonds is 5. The number of phenols is 1. The summed E-state index contributed by atoms with van der Waals surface area (Å²) in [5.41, 5.74) is 2.88. The molecule has 1 aromatic carbocycles. The van der Waals surface area contributed by atoms with E-state index >= 15 is 0 Å². The molecule has 0 spiro atoms. The van der Waals surface area contributed by atoms with Crippen LogP contribution in [0.4, 0.5) is 5.95 Å². The number of benzene rings is 1. The molecule has 0 saturated carbocycles. The van der Waals surface area contributed by atoms with Crippen molar-refractivity contribution in [3.05, 3.63) is 41.4 Å². The van der Waals surface area contributed by atoms with Crippen molar-refractivity contribution in [1.82, 2.24) is 20.2 Å². The predicted molar refractivity (Wildman–Crippen MR) is 74.5 cm³/mol. The van der Waals surface area contributed by atoms with Gasteiger partial charge in [0.05, 0.1) is 17.8 Å². The van der Waals surface area contributed by atoms with Gasteiger partial charge in [0.1, 0.15) is 12.1 Å². The third kappa shape index (κ3) is 3.85. The molecule has 0 aliphatic heterocycles. The van der Waals surface area contributed by atoms with Crippen molar-refractivity contribution in [3.63, 3.8) is 0 Å². The fraction of sp³-hybridized carbons (Fsp3) is 0.167. The zero-order chi connectivity index (χ0) is 16.1. The standard InChI is InChI=1S/C12H14N6O4/c1-8(6-17-7-13-12(16-17)18(21)22)14-15-11(20)9-4-2-3-5-10(9)19/h2-5,7,18-19,21H,6H2,1H3,(H,15,20)/b14-8+. The summed E-state index contributed by atoms with van der Waals surface area (Å²) in [5, 5.41) is 35.3. The molecular weight excluding hydrogens is 292 g/mol. The molecule has 0 aliphatic carbocycles. The van der Waals surface area contributed by atoms with Gasteiger partial charge in [-0.05, 0) is 19.1 Å². The summed E-state index contributed by atoms with van der Waals surface area (Å²) in [7, 11) is 0. The van der Waals surface area contributed by atoms with Crippen molar-refractivity contribution in [2.75, 3.05) is 0 Å². The third-order valence-corrected chi connectivity index (χ3v) is 2.62. The molecule has 4 N–H and O–H groups in total. The molecule has 22 heavy (non-hydrogen) atoms. The second kappa shape index (κ2) is 6.76. The third-order valence-electron chi connectivity index (χ3n) is 2.62. The number of hydrogen-bond acceptors (Lipinski definition) is 7. The molecule has 0 saturated heterocycles. The van der Waals surface area contributed by atoms with Gasteiger partial charge in [-0.3, -0.25) is 4.79 Å². The van der Waals surface area contributed by atoms with E-state index in [1.165, 1.54) is 23.1 Å². The van der Waals surface area contributed by atoms with Crippen LogP contribution in [-0.4, -0.2) is 36.7 Å². The van der Waals surface area contributed by atoms with Gasteiger partial charge in [0, 0.05) is 0 Å². The second-order valence-electron chi connectivity index (χ2n) is 4.38. The molecule has 2 rings (SSSR count). The van der Waals surface area contributed by atoms with Crippen molar-refractivity contribution >= 4 is 17.6 Å². The Labute approximate surface area is 124 Å². The lowest BCUT2D eigenvalue weighted by Crippen LogP contribution is -2.99. The minimum absolute atomic E-state index is 0.105. The van der Waals surface area contributed by atoms with Crippen molar-refractivity contribution in [1.29, 1.82) is 0 Å². The van der Waals surface area contributed by atoms with Crippen LogP contribution in [0.1, 0.15) is 17.3 Å². The summed E-state index contributed by atoms with van der Waals surface area (Å²) in [4.78, 5) is 15.4. The Hall–Kier alpha value is -2.82. The van der Waals surface area contributed by atoms with Crippen LogP contribution in [0.25, 0.3) is 0 Å². The van der Waals surface area contributed by atoms with Crippen LogP contribution in [0.2, 0.25) is 0 Å². The number of aromatic nitrogens is 3. The summed E-state index contributed by atoms with van der Waals surface area (Å²) in [5.74, 6) is -1.01. The normalized spacial score (nSPS) is 13.0. The summed E-state index contributed by atoms with van der Waals surface area (Å²) in [6, 6.07) is 6.08. The summed E-state index contributed by atoms with van der Waals surface area (Å²) < 4.78 is 1.29. The highest BCUT2D eigenvalue weighted by Crippen LogP contribution is 2.14. The Morgan fingerprint density at radius 1 is 1.50 bits per heavy atom. The molecule has 2 aromatic rings. The molecule has 1 heterocycles. The van der Waals surface area contributed by atoms with Gasteiger partial charge in [-0.15, -0.1) is 0 Å². The van der Waals surface area contributed by atoms with Crippen LogP contribution in [-0.2, 0) is 6.54 Å². The first-order chi connectivity index (χ1) is 10.5. The van der Waals surface area contributed by atoms with Gasteiger partial charge in [-0.2, -0.15) is 15.3 Å². The van der Waals surface area contributed by atoms with E-state index in [-0.39, 0.29) is 23.8 Å². The van der Waals surface area contributed by atoms with Crippen LogP contribution < -0.4 is 10.7 Å². The lowest BCUT2D eigenvalue weighted by atomic mass is 10.2. The molecular formula is C12H14N6O4. The van der Waals surface area contributed by atoms with Crippen LogP contribution in [0, 0.1) is 5.21 Å². The summed E-state index contributed by atoms with van der Waals surface area (Å²) in [6.07, 6.45) is 1.26. The van der Waals surface area contributed by atoms with Crippen LogP contribution in [0.5, 0.6) is 5.75 Å².